The van der Waals surface area contributed by atoms with E-state index < -0.39 is 41.7 Å². The van der Waals surface area contributed by atoms with Gasteiger partial charge in [-0.3, -0.25) is 9.59 Å². The van der Waals surface area contributed by atoms with E-state index >= 15 is 0 Å². The number of nitrogens with one attached hydrogen (secondary N) is 1. The third-order valence-electron chi connectivity index (χ3n) is 4.80. The summed E-state index contributed by atoms with van der Waals surface area (Å²) in [6.07, 6.45) is -6.53. The van der Waals surface area contributed by atoms with Crippen molar-refractivity contribution in [3.05, 3.63) is 75.3 Å². The van der Waals surface area contributed by atoms with Crippen LogP contribution in [0.2, 0.25) is 5.02 Å². The Morgan fingerprint density at radius 2 is 1.85 bits per heavy atom. The fraction of sp³-hybridized carbons (Fsp3) is 0.227. The smallest absolute Gasteiger partial charge is 0.284 e. The molecule has 0 fully saturated rings. The number of carbonyl (C=O) groups is 1. The number of nitrogens with zero attached hydrogens (tertiary/aromatic N) is 3. The number of aliphatic hydroxyl groups excluding tert-OH is 1. The number of halogens is 5. The van der Waals surface area contributed by atoms with Gasteiger partial charge in [0.2, 0.25) is 6.36 Å². The second-order valence-corrected chi connectivity index (χ2v) is 7.81. The van der Waals surface area contributed by atoms with Gasteiger partial charge in [0, 0.05) is 19.7 Å². The number of anilines is 1. The van der Waals surface area contributed by atoms with Crippen LogP contribution in [0.1, 0.15) is 10.4 Å². The molecule has 3 rings (SSSR count). The van der Waals surface area contributed by atoms with E-state index in [4.69, 9.17) is 16.7 Å². The normalized spacial score (nSPS) is 13.0. The molecule has 1 aromatic heterocycles. The summed E-state index contributed by atoms with van der Waals surface area (Å²) in [5.74, 6) is -2.07. The Bertz CT molecular complexity index is 1260. The molecule has 2 aromatic carbocycles. The predicted octanol–water partition coefficient (Wildman–Crippen LogP) is 3.41. The van der Waals surface area contributed by atoms with E-state index in [9.17, 15) is 27.2 Å². The van der Waals surface area contributed by atoms with Gasteiger partial charge in [0.25, 0.3) is 17.9 Å². The van der Waals surface area contributed by atoms with E-state index in [1.165, 1.54) is 18.2 Å². The number of carbonyl (C=O) groups excluding carboxylic acids is 1. The van der Waals surface area contributed by atoms with E-state index in [1.807, 2.05) is 0 Å². The first-order valence-electron chi connectivity index (χ1n) is 9.78. The molecule has 0 spiro atoms. The van der Waals surface area contributed by atoms with Crippen molar-refractivity contribution in [2.24, 2.45) is 0 Å². The average Bonchev–Trinajstić information content (AvgIpc) is 2.76. The largest absolute Gasteiger partial charge is 0.376 e. The summed E-state index contributed by atoms with van der Waals surface area (Å²) in [6.45, 7) is 0. The highest BCUT2D eigenvalue weighted by atomic mass is 35.5. The summed E-state index contributed by atoms with van der Waals surface area (Å²) < 4.78 is 53.8. The predicted molar refractivity (Wildman–Crippen MR) is 119 cm³/mol. The molecule has 0 saturated carbocycles. The number of hydrogen-bond acceptors (Lipinski definition) is 5. The maximum Gasteiger partial charge on any atom is 0.284 e. The maximum atomic E-state index is 13.8. The zero-order chi connectivity index (χ0) is 25.2. The number of alkyl halides is 3. The summed E-state index contributed by atoms with van der Waals surface area (Å²) in [4.78, 5) is 27.4. The maximum absolute atomic E-state index is 13.8. The molecular weight excluding hydrogens is 480 g/mol. The van der Waals surface area contributed by atoms with Gasteiger partial charge in [0.15, 0.2) is 0 Å². The quantitative estimate of drug-likeness (QED) is 0.488. The van der Waals surface area contributed by atoms with Gasteiger partial charge in [0.05, 0.1) is 22.1 Å². The molecule has 1 unspecified atom stereocenters. The number of aliphatic hydroxyl groups is 1. The molecule has 12 heteroatoms. The zero-order valence-corrected chi connectivity index (χ0v) is 18.6. The lowest BCUT2D eigenvalue weighted by atomic mass is 10.1. The standard InChI is InChI=1S/C22H19ClF4N4O3/c1-30(2)17-7-6-11(8-15(17)23)16-10-14(21(33)28-18(19(25)26)20(27)32)22(34)31(29-16)13-5-3-4-12(24)9-13/h3-10,18-20,32H,1-2H3,(H,28,33)/t18-,20?/m0/s1. The fourth-order valence-electron chi connectivity index (χ4n) is 3.09. The molecule has 0 aliphatic carbocycles. The van der Waals surface area contributed by atoms with Crippen LogP contribution in [0.4, 0.5) is 23.2 Å². The molecule has 1 amide bonds. The SMILES string of the molecule is CN(C)c1ccc(-c2cc(C(=O)N[C@H](C(O)F)C(F)F)c(=O)n(-c3cccc(F)c3)n2)cc1Cl. The van der Waals surface area contributed by atoms with Crippen molar-refractivity contribution in [3.63, 3.8) is 0 Å². The van der Waals surface area contributed by atoms with Gasteiger partial charge < -0.3 is 15.3 Å². The summed E-state index contributed by atoms with van der Waals surface area (Å²) >= 11 is 6.30. The van der Waals surface area contributed by atoms with Crippen molar-refractivity contribution < 1.29 is 27.5 Å². The molecule has 2 N–H and O–H groups in total. The van der Waals surface area contributed by atoms with Crippen LogP contribution in [-0.2, 0) is 0 Å². The van der Waals surface area contributed by atoms with Gasteiger partial charge in [-0.05, 0) is 36.4 Å². The van der Waals surface area contributed by atoms with E-state index in [0.29, 0.717) is 21.0 Å². The van der Waals surface area contributed by atoms with E-state index in [0.717, 1.165) is 18.2 Å². The highest BCUT2D eigenvalue weighted by Crippen LogP contribution is 2.29. The topological polar surface area (TPSA) is 87.5 Å². The number of rotatable bonds is 7. The zero-order valence-electron chi connectivity index (χ0n) is 17.8. The highest BCUT2D eigenvalue weighted by molar-refractivity contribution is 6.33. The average molecular weight is 499 g/mol. The Labute approximate surface area is 196 Å². The van der Waals surface area contributed by atoms with Gasteiger partial charge in [-0.2, -0.15) is 9.78 Å². The monoisotopic (exact) mass is 498 g/mol. The molecule has 0 bridgehead atoms. The minimum Gasteiger partial charge on any atom is -0.376 e. The van der Waals surface area contributed by atoms with E-state index in [-0.39, 0.29) is 11.4 Å². The molecule has 0 aliphatic rings. The van der Waals surface area contributed by atoms with Crippen LogP contribution in [-0.4, -0.2) is 53.7 Å². The van der Waals surface area contributed by atoms with Crippen LogP contribution in [0.5, 0.6) is 0 Å². The number of aromatic nitrogens is 2. The van der Waals surface area contributed by atoms with Crippen LogP contribution in [0.25, 0.3) is 16.9 Å². The van der Waals surface area contributed by atoms with Crippen molar-refractivity contribution in [3.8, 4) is 16.9 Å². The first kappa shape index (κ1) is 25.2. The van der Waals surface area contributed by atoms with Crippen molar-refractivity contribution in [1.82, 2.24) is 15.1 Å². The lowest BCUT2D eigenvalue weighted by Gasteiger charge is -2.19. The Morgan fingerprint density at radius 3 is 2.41 bits per heavy atom. The Balaban J connectivity index is 2.19. The number of amides is 1. The lowest BCUT2D eigenvalue weighted by Crippen LogP contribution is -2.48. The van der Waals surface area contributed by atoms with Gasteiger partial charge in [0.1, 0.15) is 17.4 Å². The first-order valence-corrected chi connectivity index (χ1v) is 10.2. The van der Waals surface area contributed by atoms with E-state index in [2.05, 4.69) is 5.10 Å². The van der Waals surface area contributed by atoms with Crippen LogP contribution in [0.3, 0.4) is 0 Å². The molecule has 3 aromatic rings. The molecule has 7 nitrogen and oxygen atoms in total. The van der Waals surface area contributed by atoms with Crippen molar-refractivity contribution in [2.75, 3.05) is 19.0 Å². The van der Waals surface area contributed by atoms with Gasteiger partial charge in [-0.1, -0.05) is 23.7 Å². The fourth-order valence-corrected chi connectivity index (χ4v) is 3.44. The summed E-state index contributed by atoms with van der Waals surface area (Å²) in [7, 11) is 3.54. The van der Waals surface area contributed by atoms with Crippen molar-refractivity contribution in [1.29, 1.82) is 0 Å². The van der Waals surface area contributed by atoms with Crippen molar-refractivity contribution in [2.45, 2.75) is 18.8 Å². The van der Waals surface area contributed by atoms with Crippen molar-refractivity contribution >= 4 is 23.2 Å². The number of hydrogen-bond donors (Lipinski definition) is 2. The van der Waals surface area contributed by atoms with Crippen LogP contribution in [0.15, 0.2) is 53.3 Å². The summed E-state index contributed by atoms with van der Waals surface area (Å²) in [6, 6.07) is 7.97. The molecule has 34 heavy (non-hydrogen) atoms. The molecule has 0 radical (unpaired) electrons. The molecule has 1 heterocycles. The number of benzene rings is 2. The first-order chi connectivity index (χ1) is 16.0. The second kappa shape index (κ2) is 10.2. The summed E-state index contributed by atoms with van der Waals surface area (Å²) in [5.41, 5.74) is -0.773. The third kappa shape index (κ3) is 5.37. The van der Waals surface area contributed by atoms with Crippen LogP contribution >= 0.6 is 11.6 Å². The second-order valence-electron chi connectivity index (χ2n) is 7.41. The molecule has 0 saturated heterocycles. The van der Waals surface area contributed by atoms with Gasteiger partial charge >= 0.3 is 0 Å². The Kier molecular flexibility index (Phi) is 7.57. The molecule has 0 aliphatic heterocycles. The van der Waals surface area contributed by atoms with Gasteiger partial charge in [-0.15, -0.1) is 0 Å². The summed E-state index contributed by atoms with van der Waals surface area (Å²) in [5, 5.41) is 15.0. The van der Waals surface area contributed by atoms with Crippen LogP contribution < -0.4 is 15.8 Å². The van der Waals surface area contributed by atoms with Gasteiger partial charge in [-0.25, -0.2) is 17.6 Å². The van der Waals surface area contributed by atoms with Crippen LogP contribution in [0, 0.1) is 5.82 Å². The third-order valence-corrected chi connectivity index (χ3v) is 5.10. The molecule has 180 valence electrons. The highest BCUT2D eigenvalue weighted by Gasteiger charge is 2.31. The Morgan fingerprint density at radius 1 is 1.15 bits per heavy atom. The minimum absolute atomic E-state index is 0.0237. The minimum atomic E-state index is -3.45. The lowest BCUT2D eigenvalue weighted by molar-refractivity contribution is -0.0481. The molecular formula is C22H19ClF4N4O3. The Hall–Kier alpha value is -3.44. The van der Waals surface area contributed by atoms with E-state index in [1.54, 1.807) is 36.4 Å². The molecule has 2 atom stereocenters.